The van der Waals surface area contributed by atoms with Crippen LogP contribution in [0.5, 0.6) is 0 Å². The Bertz CT molecular complexity index is 386. The molecule has 5 nitrogen and oxygen atoms in total. The molecule has 0 spiro atoms. The van der Waals surface area contributed by atoms with Crippen LogP contribution < -0.4 is 10.6 Å². The highest BCUT2D eigenvalue weighted by Crippen LogP contribution is 2.32. The molecule has 2 N–H and O–H groups in total. The molecular weight excluding hydrogens is 228 g/mol. The first-order valence-electron chi connectivity index (χ1n) is 7.17. The van der Waals surface area contributed by atoms with Gasteiger partial charge in [0.05, 0.1) is 0 Å². The smallest absolute Gasteiger partial charge is 0.266 e. The summed E-state index contributed by atoms with van der Waals surface area (Å²) in [6.07, 6.45) is 8.21. The van der Waals surface area contributed by atoms with E-state index >= 15 is 0 Å². The van der Waals surface area contributed by atoms with Crippen molar-refractivity contribution in [1.82, 2.24) is 10.1 Å². The third-order valence-electron chi connectivity index (χ3n) is 4.13. The summed E-state index contributed by atoms with van der Waals surface area (Å²) in [5.74, 6) is 1.95. The van der Waals surface area contributed by atoms with Crippen molar-refractivity contribution >= 4 is 5.95 Å². The van der Waals surface area contributed by atoms with Gasteiger partial charge in [0.15, 0.2) is 0 Å². The summed E-state index contributed by atoms with van der Waals surface area (Å²) in [4.78, 5) is 6.82. The molecule has 5 heteroatoms. The summed E-state index contributed by atoms with van der Waals surface area (Å²) < 4.78 is 5.45. The highest BCUT2D eigenvalue weighted by Gasteiger charge is 2.26. The molecule has 2 aliphatic rings. The third kappa shape index (κ3) is 2.51. The average Bonchev–Trinajstić information content (AvgIpc) is 2.89. The molecule has 18 heavy (non-hydrogen) atoms. The minimum Gasteiger partial charge on any atom is -0.338 e. The molecule has 0 bridgehead atoms. The van der Waals surface area contributed by atoms with E-state index in [1.165, 1.54) is 25.7 Å². The zero-order valence-corrected chi connectivity index (χ0v) is 10.8. The van der Waals surface area contributed by atoms with Gasteiger partial charge in [-0.15, -0.1) is 0 Å². The molecule has 1 saturated heterocycles. The zero-order chi connectivity index (χ0) is 12.4. The first kappa shape index (κ1) is 12.0. The summed E-state index contributed by atoms with van der Waals surface area (Å²) in [7, 11) is 0. The molecule has 0 amide bonds. The Hall–Kier alpha value is -1.10. The van der Waals surface area contributed by atoms with Gasteiger partial charge in [-0.05, 0) is 43.7 Å². The molecule has 0 aromatic carbocycles. The van der Waals surface area contributed by atoms with E-state index in [0.717, 1.165) is 44.2 Å². The van der Waals surface area contributed by atoms with Crippen LogP contribution in [0.25, 0.3) is 0 Å². The van der Waals surface area contributed by atoms with E-state index in [1.54, 1.807) is 0 Å². The predicted octanol–water partition coefficient (Wildman–Crippen LogP) is 2.04. The normalized spacial score (nSPS) is 29.5. The maximum absolute atomic E-state index is 6.01. The molecule has 1 aromatic rings. The van der Waals surface area contributed by atoms with Crippen molar-refractivity contribution in [2.75, 3.05) is 18.0 Å². The van der Waals surface area contributed by atoms with Crippen LogP contribution in [0.2, 0.25) is 0 Å². The fourth-order valence-electron chi connectivity index (χ4n) is 3.07. The summed E-state index contributed by atoms with van der Waals surface area (Å²) in [6, 6.07) is 0.300. The van der Waals surface area contributed by atoms with Gasteiger partial charge in [0.2, 0.25) is 5.89 Å². The fourth-order valence-corrected chi connectivity index (χ4v) is 3.07. The van der Waals surface area contributed by atoms with Crippen molar-refractivity contribution in [3.63, 3.8) is 0 Å². The SMILES string of the molecule is NC1CCCC(c2nc(N3CCCCC3)no2)C1. The molecular formula is C13H22N4O. The second kappa shape index (κ2) is 5.26. The number of hydrogen-bond donors (Lipinski definition) is 1. The molecule has 2 atom stereocenters. The van der Waals surface area contributed by atoms with Gasteiger partial charge in [-0.3, -0.25) is 0 Å². The van der Waals surface area contributed by atoms with Crippen LogP contribution in [0, 0.1) is 0 Å². The molecule has 2 fully saturated rings. The molecule has 1 aliphatic heterocycles. The third-order valence-corrected chi connectivity index (χ3v) is 4.13. The first-order valence-corrected chi connectivity index (χ1v) is 7.17. The topological polar surface area (TPSA) is 68.2 Å². The van der Waals surface area contributed by atoms with Crippen molar-refractivity contribution in [2.24, 2.45) is 5.73 Å². The van der Waals surface area contributed by atoms with Crippen LogP contribution >= 0.6 is 0 Å². The summed E-state index contributed by atoms with van der Waals surface area (Å²) in [5, 5.41) is 4.14. The van der Waals surface area contributed by atoms with Crippen LogP contribution in [0.4, 0.5) is 5.95 Å². The van der Waals surface area contributed by atoms with Gasteiger partial charge < -0.3 is 15.2 Å². The number of hydrogen-bond acceptors (Lipinski definition) is 5. The quantitative estimate of drug-likeness (QED) is 0.870. The van der Waals surface area contributed by atoms with Crippen molar-refractivity contribution in [1.29, 1.82) is 0 Å². The van der Waals surface area contributed by atoms with E-state index in [1.807, 2.05) is 0 Å². The Balaban J connectivity index is 1.68. The minimum atomic E-state index is 0.300. The lowest BCUT2D eigenvalue weighted by Crippen LogP contribution is -2.30. The maximum Gasteiger partial charge on any atom is 0.266 e. The molecule has 1 aromatic heterocycles. The monoisotopic (exact) mass is 250 g/mol. The van der Waals surface area contributed by atoms with Crippen LogP contribution in [0.3, 0.4) is 0 Å². The second-order valence-corrected chi connectivity index (χ2v) is 5.60. The number of anilines is 1. The highest BCUT2D eigenvalue weighted by atomic mass is 16.5. The lowest BCUT2D eigenvalue weighted by Gasteiger charge is -2.25. The van der Waals surface area contributed by atoms with E-state index in [4.69, 9.17) is 10.3 Å². The Labute approximate surface area is 108 Å². The Morgan fingerprint density at radius 1 is 1.11 bits per heavy atom. The van der Waals surface area contributed by atoms with Gasteiger partial charge in [-0.25, -0.2) is 0 Å². The van der Waals surface area contributed by atoms with Gasteiger partial charge in [0.25, 0.3) is 5.95 Å². The Morgan fingerprint density at radius 3 is 2.72 bits per heavy atom. The number of nitrogens with zero attached hydrogens (tertiary/aromatic N) is 3. The molecule has 3 rings (SSSR count). The minimum absolute atomic E-state index is 0.300. The lowest BCUT2D eigenvalue weighted by atomic mass is 9.86. The second-order valence-electron chi connectivity index (χ2n) is 5.60. The summed E-state index contributed by atoms with van der Waals surface area (Å²) in [6.45, 7) is 2.12. The van der Waals surface area contributed by atoms with Crippen LogP contribution in [-0.2, 0) is 0 Å². The largest absolute Gasteiger partial charge is 0.338 e. The first-order chi connectivity index (χ1) is 8.83. The van der Waals surface area contributed by atoms with Gasteiger partial charge in [0.1, 0.15) is 0 Å². The molecule has 2 heterocycles. The van der Waals surface area contributed by atoms with E-state index < -0.39 is 0 Å². The predicted molar refractivity (Wildman–Crippen MR) is 69.5 cm³/mol. The molecule has 2 unspecified atom stereocenters. The Kier molecular flexibility index (Phi) is 3.50. The van der Waals surface area contributed by atoms with Crippen molar-refractivity contribution in [3.8, 4) is 0 Å². The van der Waals surface area contributed by atoms with E-state index in [2.05, 4.69) is 15.0 Å². The molecule has 1 aliphatic carbocycles. The number of aromatic nitrogens is 2. The fraction of sp³-hybridized carbons (Fsp3) is 0.846. The van der Waals surface area contributed by atoms with Crippen LogP contribution in [0.1, 0.15) is 56.8 Å². The maximum atomic E-state index is 6.01. The summed E-state index contributed by atoms with van der Waals surface area (Å²) >= 11 is 0. The van der Waals surface area contributed by atoms with Gasteiger partial charge in [-0.2, -0.15) is 4.98 Å². The summed E-state index contributed by atoms with van der Waals surface area (Å²) in [5.41, 5.74) is 6.01. The van der Waals surface area contributed by atoms with Crippen LogP contribution in [0.15, 0.2) is 4.52 Å². The highest BCUT2D eigenvalue weighted by molar-refractivity contribution is 5.28. The van der Waals surface area contributed by atoms with E-state index in [-0.39, 0.29) is 0 Å². The average molecular weight is 250 g/mol. The Morgan fingerprint density at radius 2 is 1.94 bits per heavy atom. The van der Waals surface area contributed by atoms with Crippen LogP contribution in [-0.4, -0.2) is 29.3 Å². The van der Waals surface area contributed by atoms with Crippen molar-refractivity contribution < 1.29 is 4.52 Å². The number of piperidine rings is 1. The molecule has 1 saturated carbocycles. The van der Waals surface area contributed by atoms with Crippen molar-refractivity contribution in [2.45, 2.75) is 56.9 Å². The zero-order valence-electron chi connectivity index (χ0n) is 10.8. The van der Waals surface area contributed by atoms with E-state index in [0.29, 0.717) is 12.0 Å². The number of rotatable bonds is 2. The van der Waals surface area contributed by atoms with Gasteiger partial charge in [-0.1, -0.05) is 6.42 Å². The van der Waals surface area contributed by atoms with Gasteiger partial charge in [0, 0.05) is 25.0 Å². The van der Waals surface area contributed by atoms with E-state index in [9.17, 15) is 0 Å². The standard InChI is InChI=1S/C13H22N4O/c14-11-6-4-5-10(9-11)12-15-13(16-18-12)17-7-2-1-3-8-17/h10-11H,1-9,14H2. The van der Waals surface area contributed by atoms with Crippen molar-refractivity contribution in [3.05, 3.63) is 5.89 Å². The van der Waals surface area contributed by atoms with Gasteiger partial charge >= 0.3 is 0 Å². The molecule has 0 radical (unpaired) electrons. The number of nitrogens with two attached hydrogens (primary N) is 1. The lowest BCUT2D eigenvalue weighted by molar-refractivity contribution is 0.298. The molecule has 100 valence electrons.